The molecule has 0 saturated carbocycles. The normalized spacial score (nSPS) is 13.3. The summed E-state index contributed by atoms with van der Waals surface area (Å²) in [6.45, 7) is 9.59. The van der Waals surface area contributed by atoms with Gasteiger partial charge in [-0.3, -0.25) is 9.59 Å². The van der Waals surface area contributed by atoms with Gasteiger partial charge in [0.25, 0.3) is 5.91 Å². The van der Waals surface area contributed by atoms with E-state index in [0.717, 1.165) is 38.5 Å². The zero-order valence-electron chi connectivity index (χ0n) is 26.0. The van der Waals surface area contributed by atoms with E-state index in [4.69, 9.17) is 0 Å². The highest BCUT2D eigenvalue weighted by Gasteiger charge is 2.07. The zero-order valence-corrected chi connectivity index (χ0v) is 26.0. The first-order chi connectivity index (χ1) is 20.4. The number of carbonyl (C=O) groups excluding carboxylic acids is 2. The van der Waals surface area contributed by atoms with Crippen molar-refractivity contribution in [3.05, 3.63) is 103 Å². The number of hydroxylamine groups is 1. The summed E-state index contributed by atoms with van der Waals surface area (Å²) in [5.41, 5.74) is 1.24. The molecule has 2 amide bonds. The Kier molecular flexibility index (Phi) is 26.4. The fourth-order valence-corrected chi connectivity index (χ4v) is 3.30. The van der Waals surface area contributed by atoms with Crippen LogP contribution in [-0.2, 0) is 9.59 Å². The van der Waals surface area contributed by atoms with Crippen LogP contribution in [0.4, 0.5) is 0 Å². The number of nitrogens with one attached hydrogen (secondary N) is 2. The molecule has 0 aliphatic rings. The second-order valence-corrected chi connectivity index (χ2v) is 9.57. The fourth-order valence-electron chi connectivity index (χ4n) is 3.30. The van der Waals surface area contributed by atoms with Crippen molar-refractivity contribution in [1.29, 1.82) is 0 Å². The Morgan fingerprint density at radius 1 is 0.810 bits per heavy atom. The highest BCUT2D eigenvalue weighted by atomic mass is 16.5. The van der Waals surface area contributed by atoms with Crippen LogP contribution in [0, 0.1) is 5.21 Å². The van der Waals surface area contributed by atoms with Gasteiger partial charge in [0.1, 0.15) is 11.4 Å². The molecule has 0 spiro atoms. The van der Waals surface area contributed by atoms with E-state index in [9.17, 15) is 14.8 Å². The molecular formula is C34H53N5O3. The van der Waals surface area contributed by atoms with Crippen LogP contribution in [0.1, 0.15) is 65.2 Å². The molecule has 232 valence electrons. The topological polar surface area (TPSA) is 113 Å². The molecule has 0 aromatic heterocycles. The first-order valence-corrected chi connectivity index (χ1v) is 14.9. The molecule has 0 aromatic carbocycles. The Balaban J connectivity index is 3.85. The lowest BCUT2D eigenvalue weighted by atomic mass is 10.2. The summed E-state index contributed by atoms with van der Waals surface area (Å²) < 4.78 is 0. The van der Waals surface area contributed by atoms with Gasteiger partial charge in [-0.05, 0) is 58.1 Å². The Morgan fingerprint density at radius 3 is 1.76 bits per heavy atom. The Hall–Kier alpha value is -3.59. The van der Waals surface area contributed by atoms with Gasteiger partial charge in [-0.2, -0.15) is 0 Å². The summed E-state index contributed by atoms with van der Waals surface area (Å²) >= 11 is 0. The minimum absolute atomic E-state index is 0.0294. The number of quaternary nitrogens is 1. The van der Waals surface area contributed by atoms with Crippen molar-refractivity contribution in [3.8, 4) is 0 Å². The number of aliphatic imine (C=N–C) groups is 1. The van der Waals surface area contributed by atoms with E-state index < -0.39 is 0 Å². The molecule has 0 heterocycles. The third kappa shape index (κ3) is 25.4. The Morgan fingerprint density at radius 2 is 1.29 bits per heavy atom. The van der Waals surface area contributed by atoms with Crippen LogP contribution in [-0.4, -0.2) is 55.7 Å². The van der Waals surface area contributed by atoms with E-state index in [-0.39, 0.29) is 17.5 Å². The van der Waals surface area contributed by atoms with Gasteiger partial charge in [0.05, 0.1) is 6.20 Å². The second kappa shape index (κ2) is 28.9. The predicted octanol–water partition coefficient (Wildman–Crippen LogP) is 5.18. The molecule has 0 bridgehead atoms. The minimum atomic E-state index is -0.351. The van der Waals surface area contributed by atoms with Crippen molar-refractivity contribution in [3.63, 3.8) is 0 Å². The third-order valence-electron chi connectivity index (χ3n) is 5.75. The lowest BCUT2D eigenvalue weighted by molar-refractivity contribution is -0.535. The quantitative estimate of drug-likeness (QED) is 0.0831. The van der Waals surface area contributed by atoms with Crippen molar-refractivity contribution >= 4 is 17.5 Å². The molecular weight excluding hydrogens is 526 g/mol. The first-order valence-electron chi connectivity index (χ1n) is 14.9. The van der Waals surface area contributed by atoms with E-state index in [1.807, 2.05) is 18.0 Å². The van der Waals surface area contributed by atoms with Crippen LogP contribution >= 0.6 is 0 Å². The molecule has 0 unspecified atom stereocenters. The van der Waals surface area contributed by atoms with Crippen LogP contribution in [0.2, 0.25) is 0 Å². The maximum Gasteiger partial charge on any atom is 0.269 e. The molecule has 0 saturated heterocycles. The van der Waals surface area contributed by atoms with Crippen molar-refractivity contribution in [1.82, 2.24) is 15.5 Å². The van der Waals surface area contributed by atoms with Crippen molar-refractivity contribution in [2.75, 3.05) is 33.2 Å². The number of likely N-dealkylation sites (N-methyl/N-ethyl adjacent to an activating group) is 1. The van der Waals surface area contributed by atoms with Crippen LogP contribution in [0.25, 0.3) is 0 Å². The molecule has 0 radical (unpaired) electrons. The molecule has 0 aliphatic heterocycles. The molecule has 0 aromatic rings. The van der Waals surface area contributed by atoms with Gasteiger partial charge in [0.2, 0.25) is 5.91 Å². The molecule has 0 aliphatic carbocycles. The molecule has 4 N–H and O–H groups in total. The third-order valence-corrected chi connectivity index (χ3v) is 5.75. The van der Waals surface area contributed by atoms with Crippen molar-refractivity contribution in [2.24, 2.45) is 4.99 Å². The number of nitrogens with two attached hydrogens (primary N) is 1. The summed E-state index contributed by atoms with van der Waals surface area (Å²) in [6, 6.07) is 0. The number of hydrogen-bond donors (Lipinski definition) is 3. The molecule has 8 nitrogen and oxygen atoms in total. The predicted molar refractivity (Wildman–Crippen MR) is 178 cm³/mol. The van der Waals surface area contributed by atoms with Crippen LogP contribution in [0.15, 0.2) is 102 Å². The Bertz CT molecular complexity index is 987. The minimum Gasteiger partial charge on any atom is -0.631 e. The lowest BCUT2D eigenvalue weighted by Gasteiger charge is -2.17. The molecule has 0 rings (SSSR count). The lowest BCUT2D eigenvalue weighted by Crippen LogP contribution is -2.74. The summed E-state index contributed by atoms with van der Waals surface area (Å²) in [5.74, 6) is -0.321. The van der Waals surface area contributed by atoms with E-state index in [0.29, 0.717) is 50.2 Å². The zero-order chi connectivity index (χ0) is 31.1. The average Bonchev–Trinajstić information content (AvgIpc) is 2.98. The fraction of sp³-hybridized carbons (Fsp3) is 0.441. The highest BCUT2D eigenvalue weighted by molar-refractivity contribution is 6.43. The number of nitrogens with zero attached hydrogens (tertiary/aromatic N) is 2. The van der Waals surface area contributed by atoms with E-state index in [1.54, 1.807) is 6.92 Å². The van der Waals surface area contributed by atoms with E-state index in [2.05, 4.69) is 96.0 Å². The van der Waals surface area contributed by atoms with Crippen molar-refractivity contribution < 1.29 is 15.1 Å². The van der Waals surface area contributed by atoms with Gasteiger partial charge in [-0.25, -0.2) is 4.99 Å². The summed E-state index contributed by atoms with van der Waals surface area (Å²) in [4.78, 5) is 30.2. The standard InChI is InChI=1S/C34H53N5O3/c1-5-7-8-9-10-11-12-13-14-15-16-17-18-19-20-21-22-23-24-25-33(40)35-26-28-39(4)29-27-36-34(41)32(6-2)37-30-31(3)38-42/h6-8,10-11,13-14,16-17,19-20,22-23,30H,2,5,9,12,15,18,21,24-29,38H2,1,3-4H3,(H,35,40)(H,36,41). The number of allylic oxidation sites excluding steroid dienone is 13. The maximum atomic E-state index is 12.1. The van der Waals surface area contributed by atoms with Crippen LogP contribution in [0.5, 0.6) is 0 Å². The monoisotopic (exact) mass is 579 g/mol. The van der Waals surface area contributed by atoms with Gasteiger partial charge in [-0.1, -0.05) is 86.4 Å². The summed E-state index contributed by atoms with van der Waals surface area (Å²) in [6.07, 6.45) is 35.7. The van der Waals surface area contributed by atoms with Gasteiger partial charge in [0, 0.05) is 39.5 Å². The number of amides is 2. The average molecular weight is 580 g/mol. The SMILES string of the molecule is C=CC(=NC=C(C)[NH2+][O-])C(=O)NCCN(C)CCNC(=O)CCC=CCC=CCC=CCC=CCC=CCC=CCC. The van der Waals surface area contributed by atoms with Gasteiger partial charge >= 0.3 is 0 Å². The molecule has 42 heavy (non-hydrogen) atoms. The van der Waals surface area contributed by atoms with Crippen LogP contribution < -0.4 is 16.1 Å². The van der Waals surface area contributed by atoms with Gasteiger partial charge in [0.15, 0.2) is 0 Å². The van der Waals surface area contributed by atoms with E-state index >= 15 is 0 Å². The summed E-state index contributed by atoms with van der Waals surface area (Å²) in [5, 5.41) is 16.3. The van der Waals surface area contributed by atoms with E-state index in [1.165, 1.54) is 12.3 Å². The number of carbonyl (C=O) groups is 2. The largest absolute Gasteiger partial charge is 0.631 e. The highest BCUT2D eigenvalue weighted by Crippen LogP contribution is 1.98. The van der Waals surface area contributed by atoms with Crippen molar-refractivity contribution in [2.45, 2.75) is 65.2 Å². The number of rotatable bonds is 24. The Labute approximate surface area is 254 Å². The van der Waals surface area contributed by atoms with Gasteiger partial charge < -0.3 is 26.2 Å². The maximum absolute atomic E-state index is 12.1. The number of hydrogen-bond acceptors (Lipinski definition) is 5. The molecule has 0 atom stereocenters. The smallest absolute Gasteiger partial charge is 0.269 e. The molecule has 8 heteroatoms. The molecule has 0 fully saturated rings. The van der Waals surface area contributed by atoms with Gasteiger partial charge in [-0.15, -0.1) is 0 Å². The first kappa shape index (κ1) is 38.4. The summed E-state index contributed by atoms with van der Waals surface area (Å²) in [7, 11) is 1.92. The van der Waals surface area contributed by atoms with Crippen LogP contribution in [0.3, 0.4) is 0 Å². The second-order valence-electron chi connectivity index (χ2n) is 9.57.